The van der Waals surface area contributed by atoms with Gasteiger partial charge in [0.25, 0.3) is 0 Å². The zero-order valence-electron chi connectivity index (χ0n) is 20.5. The molecule has 3 amide bonds. The molecular formula is C25H32N6O3S. The summed E-state index contributed by atoms with van der Waals surface area (Å²) in [5, 5.41) is 3.19. The molecule has 1 saturated heterocycles. The van der Waals surface area contributed by atoms with Crippen molar-refractivity contribution >= 4 is 39.9 Å². The summed E-state index contributed by atoms with van der Waals surface area (Å²) in [6, 6.07) is 6.69. The van der Waals surface area contributed by atoms with Crippen molar-refractivity contribution in [2.75, 3.05) is 19.0 Å². The van der Waals surface area contributed by atoms with Gasteiger partial charge in [0.05, 0.1) is 23.4 Å². The number of methoxy groups -OCH3 is 1. The van der Waals surface area contributed by atoms with Crippen LogP contribution in [0.15, 0.2) is 48.0 Å². The highest BCUT2D eigenvalue weighted by Crippen LogP contribution is 2.33. The minimum absolute atomic E-state index is 0.399. The number of anilines is 1. The Bertz CT molecular complexity index is 1170. The Balaban J connectivity index is 1.85. The number of nitrogens with two attached hydrogens (primary N) is 2. The first-order valence-corrected chi connectivity index (χ1v) is 12.1. The number of nitrogens with one attached hydrogen (secondary N) is 1. The van der Waals surface area contributed by atoms with E-state index in [9.17, 15) is 9.59 Å². The van der Waals surface area contributed by atoms with E-state index in [0.29, 0.717) is 35.3 Å². The van der Waals surface area contributed by atoms with Gasteiger partial charge in [0.2, 0.25) is 5.91 Å². The molecule has 0 saturated carbocycles. The molecule has 186 valence electrons. The standard InChI is InChI=1S/C25H32N6O3S/c1-6-8-18(29-22(27)25(3,4)16-10-12-17(34-5)13-11-16)20-15(2)28-23(35-20)30-24(33)31-14-7-9-19(31)21(26)32/h6,8,10-13,19H,1,7,9,14H2,2-5H3,(H2,26,32)(H2,27,29)(H,28,30,33)/b18-8-/t19-/m0/s1. The number of urea groups is 1. The number of likely N-dealkylation sites (tertiary alicyclic amines) is 1. The lowest BCUT2D eigenvalue weighted by Gasteiger charge is -2.25. The number of rotatable bonds is 8. The normalized spacial score (nSPS) is 16.8. The lowest BCUT2D eigenvalue weighted by molar-refractivity contribution is -0.121. The van der Waals surface area contributed by atoms with E-state index in [1.54, 1.807) is 19.3 Å². The molecule has 2 heterocycles. The van der Waals surface area contributed by atoms with Gasteiger partial charge in [0.1, 0.15) is 17.6 Å². The zero-order valence-corrected chi connectivity index (χ0v) is 21.3. The van der Waals surface area contributed by atoms with E-state index in [4.69, 9.17) is 21.2 Å². The van der Waals surface area contributed by atoms with Crippen molar-refractivity contribution in [1.82, 2.24) is 9.88 Å². The van der Waals surface area contributed by atoms with E-state index >= 15 is 0 Å². The molecule has 0 spiro atoms. The number of carbonyl (C=O) groups is 2. The van der Waals surface area contributed by atoms with Crippen molar-refractivity contribution in [3.8, 4) is 5.75 Å². The minimum atomic E-state index is -0.601. The lowest BCUT2D eigenvalue weighted by Crippen LogP contribution is -2.45. The molecular weight excluding hydrogens is 464 g/mol. The molecule has 1 aliphatic heterocycles. The zero-order chi connectivity index (χ0) is 25.8. The predicted molar refractivity (Wildman–Crippen MR) is 141 cm³/mol. The Kier molecular flexibility index (Phi) is 7.96. The van der Waals surface area contributed by atoms with Crippen LogP contribution < -0.4 is 21.5 Å². The summed E-state index contributed by atoms with van der Waals surface area (Å²) in [5.41, 5.74) is 13.6. The maximum Gasteiger partial charge on any atom is 0.324 e. The van der Waals surface area contributed by atoms with Gasteiger partial charge in [0, 0.05) is 12.0 Å². The van der Waals surface area contributed by atoms with Gasteiger partial charge in [0.15, 0.2) is 5.13 Å². The van der Waals surface area contributed by atoms with Gasteiger partial charge in [-0.15, -0.1) is 0 Å². The second-order valence-electron chi connectivity index (χ2n) is 8.76. The smallest absolute Gasteiger partial charge is 0.324 e. The van der Waals surface area contributed by atoms with Crippen LogP contribution in [0, 0.1) is 6.92 Å². The van der Waals surface area contributed by atoms with Crippen molar-refractivity contribution in [3.05, 3.63) is 59.1 Å². The Morgan fingerprint density at radius 1 is 1.31 bits per heavy atom. The molecule has 3 rings (SSSR count). The number of carbonyl (C=O) groups excluding carboxylic acids is 2. The molecule has 35 heavy (non-hydrogen) atoms. The Morgan fingerprint density at radius 3 is 2.60 bits per heavy atom. The molecule has 1 aromatic heterocycles. The molecule has 0 unspecified atom stereocenters. The van der Waals surface area contributed by atoms with Crippen molar-refractivity contribution < 1.29 is 14.3 Å². The van der Waals surface area contributed by atoms with Gasteiger partial charge in [-0.25, -0.2) is 14.8 Å². The number of aryl methyl sites for hydroxylation is 1. The van der Waals surface area contributed by atoms with E-state index < -0.39 is 23.4 Å². The van der Waals surface area contributed by atoms with Gasteiger partial charge >= 0.3 is 6.03 Å². The van der Waals surface area contributed by atoms with Gasteiger partial charge in [-0.3, -0.25) is 10.1 Å². The van der Waals surface area contributed by atoms with Crippen LogP contribution in [0.2, 0.25) is 0 Å². The van der Waals surface area contributed by atoms with Crippen molar-refractivity contribution in [2.45, 2.75) is 45.1 Å². The minimum Gasteiger partial charge on any atom is -0.497 e. The van der Waals surface area contributed by atoms with Gasteiger partial charge in [-0.05, 0) is 57.4 Å². The largest absolute Gasteiger partial charge is 0.497 e. The summed E-state index contributed by atoms with van der Waals surface area (Å²) in [4.78, 5) is 35.8. The second kappa shape index (κ2) is 10.7. The summed E-state index contributed by atoms with van der Waals surface area (Å²) < 4.78 is 5.25. The maximum absolute atomic E-state index is 12.7. The van der Waals surface area contributed by atoms with Gasteiger partial charge in [-0.1, -0.05) is 36.1 Å². The van der Waals surface area contributed by atoms with Crippen LogP contribution in [-0.4, -0.2) is 47.4 Å². The maximum atomic E-state index is 12.7. The van der Waals surface area contributed by atoms with Crippen LogP contribution in [0.25, 0.3) is 5.70 Å². The number of ether oxygens (including phenoxy) is 1. The summed E-state index contributed by atoms with van der Waals surface area (Å²) in [6.07, 6.45) is 4.68. The third-order valence-corrected chi connectivity index (χ3v) is 7.15. The fourth-order valence-electron chi connectivity index (χ4n) is 3.86. The van der Waals surface area contributed by atoms with Gasteiger partial charge < -0.3 is 21.1 Å². The van der Waals surface area contributed by atoms with Crippen LogP contribution >= 0.6 is 11.3 Å². The molecule has 0 bridgehead atoms. The number of nitrogens with zero attached hydrogens (tertiary/aromatic N) is 3. The highest BCUT2D eigenvalue weighted by Gasteiger charge is 2.33. The lowest BCUT2D eigenvalue weighted by atomic mass is 9.83. The first kappa shape index (κ1) is 26.0. The first-order valence-electron chi connectivity index (χ1n) is 11.2. The number of benzene rings is 1. The highest BCUT2D eigenvalue weighted by molar-refractivity contribution is 7.17. The van der Waals surface area contributed by atoms with E-state index in [0.717, 1.165) is 22.6 Å². The monoisotopic (exact) mass is 496 g/mol. The Labute approximate surface area is 209 Å². The summed E-state index contributed by atoms with van der Waals surface area (Å²) >= 11 is 1.28. The van der Waals surface area contributed by atoms with Crippen LogP contribution in [-0.2, 0) is 10.2 Å². The Morgan fingerprint density at radius 2 is 2.00 bits per heavy atom. The molecule has 1 atom stereocenters. The number of aliphatic imine (C=N–C) groups is 1. The van der Waals surface area contributed by atoms with Crippen LogP contribution in [0.4, 0.5) is 9.93 Å². The topological polar surface area (TPSA) is 136 Å². The molecule has 1 aromatic carbocycles. The number of amides is 3. The first-order chi connectivity index (χ1) is 16.6. The number of primary amides is 1. The summed E-state index contributed by atoms with van der Waals surface area (Å²) in [6.45, 7) is 10.1. The predicted octanol–water partition coefficient (Wildman–Crippen LogP) is 3.80. The number of hydrogen-bond acceptors (Lipinski definition) is 6. The summed E-state index contributed by atoms with van der Waals surface area (Å²) in [5.74, 6) is 0.669. The number of thiazole rings is 1. The molecule has 0 aliphatic carbocycles. The third-order valence-electron chi connectivity index (χ3n) is 6.05. The van der Waals surface area contributed by atoms with Crippen molar-refractivity contribution in [3.63, 3.8) is 0 Å². The molecule has 2 aromatic rings. The molecule has 1 aliphatic rings. The van der Waals surface area contributed by atoms with E-state index in [1.165, 1.54) is 16.2 Å². The van der Waals surface area contributed by atoms with E-state index in [-0.39, 0.29) is 0 Å². The number of hydrogen-bond donors (Lipinski definition) is 3. The molecule has 0 radical (unpaired) electrons. The summed E-state index contributed by atoms with van der Waals surface area (Å²) in [7, 11) is 1.62. The fourth-order valence-corrected chi connectivity index (χ4v) is 4.78. The van der Waals surface area contributed by atoms with E-state index in [2.05, 4.69) is 16.9 Å². The second-order valence-corrected chi connectivity index (χ2v) is 9.75. The average molecular weight is 497 g/mol. The average Bonchev–Trinajstić information content (AvgIpc) is 3.45. The number of aromatic nitrogens is 1. The fraction of sp³-hybridized carbons (Fsp3) is 0.360. The van der Waals surface area contributed by atoms with Crippen LogP contribution in [0.1, 0.15) is 42.8 Å². The SMILES string of the molecule is C=C/C=C(\N=C(N)C(C)(C)c1ccc(OC)cc1)c1sc(NC(=O)N2CCC[C@H]2C(N)=O)nc1C. The van der Waals surface area contributed by atoms with Crippen molar-refractivity contribution in [2.24, 2.45) is 16.5 Å². The van der Waals surface area contributed by atoms with E-state index in [1.807, 2.05) is 45.0 Å². The Hall–Kier alpha value is -3.66. The van der Waals surface area contributed by atoms with Crippen LogP contribution in [0.3, 0.4) is 0 Å². The van der Waals surface area contributed by atoms with Gasteiger partial charge in [-0.2, -0.15) is 0 Å². The molecule has 5 N–H and O–H groups in total. The molecule has 10 heteroatoms. The highest BCUT2D eigenvalue weighted by atomic mass is 32.1. The number of allylic oxidation sites excluding steroid dienone is 2. The molecule has 1 fully saturated rings. The molecule has 9 nitrogen and oxygen atoms in total. The van der Waals surface area contributed by atoms with Crippen molar-refractivity contribution in [1.29, 1.82) is 0 Å². The number of amidine groups is 1. The van der Waals surface area contributed by atoms with Crippen LogP contribution in [0.5, 0.6) is 5.75 Å². The third kappa shape index (κ3) is 5.71. The quantitative estimate of drug-likeness (QED) is 0.290.